The molecule has 1 saturated heterocycles. The number of nitrogens with zero attached hydrogens (tertiary/aromatic N) is 3. The van der Waals surface area contributed by atoms with Crippen LogP contribution in [0.4, 0.5) is 5.82 Å². The standard InChI is InChI=1S/C14H15ClN4O2/c15-10-3-1-2-4-12(10)19-13(16)9-11(17-19)14(20)18-5-7-21-8-6-18/h1-4,9H,5-8,16H2. The predicted octanol–water partition coefficient (Wildman–Crippen LogP) is 1.58. The molecule has 0 saturated carbocycles. The van der Waals surface area contributed by atoms with Crippen LogP contribution in [0.15, 0.2) is 30.3 Å². The lowest BCUT2D eigenvalue weighted by molar-refractivity contribution is 0.0298. The Morgan fingerprint density at radius 1 is 1.29 bits per heavy atom. The Hall–Kier alpha value is -2.05. The summed E-state index contributed by atoms with van der Waals surface area (Å²) in [7, 11) is 0. The van der Waals surface area contributed by atoms with Crippen LogP contribution >= 0.6 is 11.6 Å². The van der Waals surface area contributed by atoms with E-state index in [9.17, 15) is 4.79 Å². The van der Waals surface area contributed by atoms with Crippen molar-refractivity contribution in [2.75, 3.05) is 32.0 Å². The number of aromatic nitrogens is 2. The topological polar surface area (TPSA) is 73.4 Å². The maximum Gasteiger partial charge on any atom is 0.274 e. The van der Waals surface area contributed by atoms with Crippen molar-refractivity contribution in [3.8, 4) is 5.69 Å². The number of hydrogen-bond donors (Lipinski definition) is 1. The fourth-order valence-corrected chi connectivity index (χ4v) is 2.46. The van der Waals surface area contributed by atoms with Gasteiger partial charge in [0.2, 0.25) is 0 Å². The number of carbonyl (C=O) groups excluding carboxylic acids is 1. The van der Waals surface area contributed by atoms with E-state index in [1.165, 1.54) is 4.68 Å². The first-order chi connectivity index (χ1) is 10.2. The fraction of sp³-hybridized carbons (Fsp3) is 0.286. The van der Waals surface area contributed by atoms with Crippen LogP contribution in [-0.4, -0.2) is 46.9 Å². The molecule has 3 rings (SSSR count). The molecule has 1 aliphatic rings. The zero-order valence-electron chi connectivity index (χ0n) is 11.3. The van der Waals surface area contributed by atoms with Gasteiger partial charge in [-0.05, 0) is 12.1 Å². The van der Waals surface area contributed by atoms with E-state index in [4.69, 9.17) is 22.1 Å². The lowest BCUT2D eigenvalue weighted by Crippen LogP contribution is -2.40. The minimum atomic E-state index is -0.143. The third-order valence-electron chi connectivity index (χ3n) is 3.33. The minimum absolute atomic E-state index is 0.143. The Labute approximate surface area is 127 Å². The van der Waals surface area contributed by atoms with Crippen LogP contribution in [0.1, 0.15) is 10.5 Å². The molecule has 1 fully saturated rings. The second kappa shape index (κ2) is 5.75. The van der Waals surface area contributed by atoms with Gasteiger partial charge in [0, 0.05) is 19.2 Å². The Morgan fingerprint density at radius 3 is 2.71 bits per heavy atom. The molecule has 0 unspecified atom stereocenters. The highest BCUT2D eigenvalue weighted by molar-refractivity contribution is 6.32. The number of morpholine rings is 1. The van der Waals surface area contributed by atoms with Crippen molar-refractivity contribution in [1.82, 2.24) is 14.7 Å². The fourth-order valence-electron chi connectivity index (χ4n) is 2.24. The number of nitrogen functional groups attached to an aromatic ring is 1. The predicted molar refractivity (Wildman–Crippen MR) is 79.7 cm³/mol. The number of carbonyl (C=O) groups is 1. The average Bonchev–Trinajstić information content (AvgIpc) is 2.90. The molecule has 0 atom stereocenters. The molecule has 1 aromatic heterocycles. The van der Waals surface area contributed by atoms with Crippen molar-refractivity contribution in [3.63, 3.8) is 0 Å². The van der Waals surface area contributed by atoms with Crippen LogP contribution in [0.3, 0.4) is 0 Å². The van der Waals surface area contributed by atoms with Gasteiger partial charge < -0.3 is 15.4 Å². The number of amides is 1. The van der Waals surface area contributed by atoms with E-state index < -0.39 is 0 Å². The molecular weight excluding hydrogens is 292 g/mol. The Morgan fingerprint density at radius 2 is 2.00 bits per heavy atom. The van der Waals surface area contributed by atoms with Crippen molar-refractivity contribution in [1.29, 1.82) is 0 Å². The number of halogens is 1. The molecule has 0 spiro atoms. The highest BCUT2D eigenvalue weighted by atomic mass is 35.5. The van der Waals surface area contributed by atoms with Crippen LogP contribution in [0.5, 0.6) is 0 Å². The average molecular weight is 307 g/mol. The summed E-state index contributed by atoms with van der Waals surface area (Å²) >= 11 is 6.14. The van der Waals surface area contributed by atoms with E-state index in [2.05, 4.69) is 5.10 Å². The van der Waals surface area contributed by atoms with Gasteiger partial charge in [-0.15, -0.1) is 0 Å². The van der Waals surface area contributed by atoms with Gasteiger partial charge in [-0.25, -0.2) is 4.68 Å². The van der Waals surface area contributed by atoms with E-state index in [0.29, 0.717) is 48.5 Å². The van der Waals surface area contributed by atoms with Gasteiger partial charge in [0.05, 0.1) is 23.9 Å². The third kappa shape index (κ3) is 2.72. The van der Waals surface area contributed by atoms with Gasteiger partial charge in [0.25, 0.3) is 5.91 Å². The summed E-state index contributed by atoms with van der Waals surface area (Å²) in [5.74, 6) is 0.232. The first kappa shape index (κ1) is 13.9. The summed E-state index contributed by atoms with van der Waals surface area (Å²) < 4.78 is 6.72. The highest BCUT2D eigenvalue weighted by Gasteiger charge is 2.22. The number of ether oxygens (including phenoxy) is 1. The van der Waals surface area contributed by atoms with E-state index in [-0.39, 0.29) is 5.91 Å². The maximum absolute atomic E-state index is 12.4. The minimum Gasteiger partial charge on any atom is -0.384 e. The molecule has 2 heterocycles. The van der Waals surface area contributed by atoms with E-state index in [0.717, 1.165) is 0 Å². The van der Waals surface area contributed by atoms with E-state index in [1.807, 2.05) is 12.1 Å². The third-order valence-corrected chi connectivity index (χ3v) is 3.65. The quantitative estimate of drug-likeness (QED) is 0.914. The van der Waals surface area contributed by atoms with Gasteiger partial charge in [-0.1, -0.05) is 23.7 Å². The van der Waals surface area contributed by atoms with E-state index in [1.54, 1.807) is 23.1 Å². The smallest absolute Gasteiger partial charge is 0.274 e. The van der Waals surface area contributed by atoms with Crippen LogP contribution in [-0.2, 0) is 4.74 Å². The molecule has 110 valence electrons. The lowest BCUT2D eigenvalue weighted by Gasteiger charge is -2.25. The van der Waals surface area contributed by atoms with Crippen LogP contribution in [0.25, 0.3) is 5.69 Å². The Kier molecular flexibility index (Phi) is 3.81. The molecule has 7 heteroatoms. The van der Waals surface area contributed by atoms with Crippen LogP contribution in [0, 0.1) is 0 Å². The monoisotopic (exact) mass is 306 g/mol. The number of nitrogens with two attached hydrogens (primary N) is 1. The largest absolute Gasteiger partial charge is 0.384 e. The molecule has 0 aliphatic carbocycles. The van der Waals surface area contributed by atoms with Crippen LogP contribution in [0.2, 0.25) is 5.02 Å². The van der Waals surface area contributed by atoms with Crippen LogP contribution < -0.4 is 5.73 Å². The molecule has 1 aliphatic heterocycles. The van der Waals surface area contributed by atoms with Gasteiger partial charge in [0.1, 0.15) is 5.82 Å². The first-order valence-electron chi connectivity index (χ1n) is 6.64. The van der Waals surface area contributed by atoms with Crippen molar-refractivity contribution in [3.05, 3.63) is 41.0 Å². The lowest BCUT2D eigenvalue weighted by atomic mass is 10.3. The molecule has 6 nitrogen and oxygen atoms in total. The number of rotatable bonds is 2. The molecule has 2 N–H and O–H groups in total. The summed E-state index contributed by atoms with van der Waals surface area (Å²) in [6.07, 6.45) is 0. The SMILES string of the molecule is Nc1cc(C(=O)N2CCOCC2)nn1-c1ccccc1Cl. The van der Waals surface area contributed by atoms with Gasteiger partial charge in [-0.2, -0.15) is 5.10 Å². The second-order valence-corrected chi connectivity index (χ2v) is 5.13. The zero-order chi connectivity index (χ0) is 14.8. The number of benzene rings is 1. The Bertz CT molecular complexity index is 665. The summed E-state index contributed by atoms with van der Waals surface area (Å²) in [4.78, 5) is 14.1. The zero-order valence-corrected chi connectivity index (χ0v) is 12.1. The molecule has 2 aromatic rings. The van der Waals surface area contributed by atoms with E-state index >= 15 is 0 Å². The highest BCUT2D eigenvalue weighted by Crippen LogP contribution is 2.23. The summed E-state index contributed by atoms with van der Waals surface area (Å²) in [6.45, 7) is 2.23. The van der Waals surface area contributed by atoms with Gasteiger partial charge in [0.15, 0.2) is 5.69 Å². The number of anilines is 1. The maximum atomic E-state index is 12.4. The van der Waals surface area contributed by atoms with Crippen molar-refractivity contribution in [2.45, 2.75) is 0 Å². The summed E-state index contributed by atoms with van der Waals surface area (Å²) in [6, 6.07) is 8.79. The molecule has 0 bridgehead atoms. The molecule has 1 amide bonds. The summed E-state index contributed by atoms with van der Waals surface area (Å²) in [5.41, 5.74) is 6.92. The van der Waals surface area contributed by atoms with Crippen molar-refractivity contribution < 1.29 is 9.53 Å². The molecule has 0 radical (unpaired) electrons. The second-order valence-electron chi connectivity index (χ2n) is 4.72. The van der Waals surface area contributed by atoms with Gasteiger partial charge >= 0.3 is 0 Å². The molecule has 21 heavy (non-hydrogen) atoms. The molecule has 1 aromatic carbocycles. The van der Waals surface area contributed by atoms with Crippen molar-refractivity contribution in [2.24, 2.45) is 0 Å². The summed E-state index contributed by atoms with van der Waals surface area (Å²) in [5, 5.41) is 4.82. The number of para-hydroxylation sites is 1. The van der Waals surface area contributed by atoms with Gasteiger partial charge in [-0.3, -0.25) is 4.79 Å². The number of hydrogen-bond acceptors (Lipinski definition) is 4. The molecular formula is C14H15ClN4O2. The first-order valence-corrected chi connectivity index (χ1v) is 7.02. The normalized spacial score (nSPS) is 15.2. The Balaban J connectivity index is 1.91. The van der Waals surface area contributed by atoms with Crippen molar-refractivity contribution >= 4 is 23.3 Å².